The lowest BCUT2D eigenvalue weighted by molar-refractivity contribution is -0.159. The number of imide groups is 1. The number of hydrogen-bond donors (Lipinski definition) is 1. The summed E-state index contributed by atoms with van der Waals surface area (Å²) in [6.45, 7) is 4.81. The highest BCUT2D eigenvalue weighted by Gasteiger charge is 2.46. The van der Waals surface area contributed by atoms with E-state index in [2.05, 4.69) is 0 Å². The number of unbranched alkanes of at least 4 members (excludes halogenated alkanes) is 1. The molecule has 0 aromatic heterocycles. The minimum atomic E-state index is -1.54. The first-order chi connectivity index (χ1) is 16.6. The highest BCUT2D eigenvalue weighted by molar-refractivity contribution is 6.04. The van der Waals surface area contributed by atoms with Crippen LogP contribution in [-0.2, 0) is 35.1 Å². The zero-order valence-electron chi connectivity index (χ0n) is 20.3. The van der Waals surface area contributed by atoms with Gasteiger partial charge in [0.05, 0.1) is 12.0 Å². The number of ether oxygens (including phenoxy) is 2. The number of ketones is 2. The number of benzene rings is 1. The summed E-state index contributed by atoms with van der Waals surface area (Å²) in [7, 11) is 0. The Morgan fingerprint density at radius 3 is 2.43 bits per heavy atom. The Morgan fingerprint density at radius 1 is 1.14 bits per heavy atom. The van der Waals surface area contributed by atoms with Crippen molar-refractivity contribution in [2.45, 2.75) is 58.6 Å². The van der Waals surface area contributed by atoms with Crippen molar-refractivity contribution in [2.24, 2.45) is 11.8 Å². The minimum absolute atomic E-state index is 0.0240. The molecule has 1 fully saturated rings. The molecule has 190 valence electrons. The van der Waals surface area contributed by atoms with Crippen LogP contribution < -0.4 is 0 Å². The first-order valence-corrected chi connectivity index (χ1v) is 11.7. The minimum Gasteiger partial charge on any atom is -0.453 e. The van der Waals surface area contributed by atoms with Crippen LogP contribution in [-0.4, -0.2) is 64.9 Å². The molecule has 2 amide bonds. The van der Waals surface area contributed by atoms with E-state index in [1.54, 1.807) is 30.3 Å². The van der Waals surface area contributed by atoms with Crippen molar-refractivity contribution in [3.05, 3.63) is 48.0 Å². The summed E-state index contributed by atoms with van der Waals surface area (Å²) in [6, 6.07) is 8.34. The van der Waals surface area contributed by atoms with Crippen molar-refractivity contribution >= 4 is 29.5 Å². The van der Waals surface area contributed by atoms with E-state index >= 15 is 0 Å². The topological polar surface area (TPSA) is 127 Å². The molecule has 9 nitrogen and oxygen atoms in total. The lowest BCUT2D eigenvalue weighted by atomic mass is 9.89. The second-order valence-electron chi connectivity index (χ2n) is 8.81. The van der Waals surface area contributed by atoms with Gasteiger partial charge in [0.25, 0.3) is 0 Å². The zero-order valence-corrected chi connectivity index (χ0v) is 20.3. The van der Waals surface area contributed by atoms with Crippen LogP contribution in [0.3, 0.4) is 0 Å². The number of aliphatic hydroxyl groups excluding tert-OH is 1. The molecule has 1 aliphatic heterocycles. The normalized spacial score (nSPS) is 17.3. The van der Waals surface area contributed by atoms with Crippen LogP contribution in [0.25, 0.3) is 0 Å². The van der Waals surface area contributed by atoms with Gasteiger partial charge in [-0.15, -0.1) is 0 Å². The van der Waals surface area contributed by atoms with Gasteiger partial charge in [0.2, 0.25) is 5.91 Å². The number of aliphatic hydroxyl groups is 1. The molecule has 1 aromatic carbocycles. The van der Waals surface area contributed by atoms with Crippen LogP contribution in [0.5, 0.6) is 0 Å². The molecule has 1 saturated heterocycles. The van der Waals surface area contributed by atoms with Gasteiger partial charge in [-0.05, 0) is 42.9 Å². The van der Waals surface area contributed by atoms with E-state index in [0.29, 0.717) is 18.4 Å². The SMILES string of the molecule is CC(=O)O[C@H](C(=O)C=CC(=O)CCCCO)[C@@H](Cc1ccccc1)C(=O)N1C(=O)OC[C@@H]1C(C)C. The standard InChI is InChI=1S/C26H33NO8/c1-17(2)22-16-34-26(33)27(22)25(32)21(15-19-9-5-4-6-10-19)24(35-18(3)29)23(31)13-12-20(30)11-7-8-14-28/h4-6,9-10,12-13,17,21-22,24,28H,7-8,11,14-16H2,1-3H3/t21-,22-,24+/m1/s1. The van der Waals surface area contributed by atoms with Gasteiger partial charge in [0.15, 0.2) is 17.7 Å². The second-order valence-corrected chi connectivity index (χ2v) is 8.81. The van der Waals surface area contributed by atoms with Crippen LogP contribution in [0.4, 0.5) is 4.79 Å². The molecule has 1 heterocycles. The second kappa shape index (κ2) is 13.5. The van der Waals surface area contributed by atoms with Crippen LogP contribution in [0.1, 0.15) is 45.6 Å². The first kappa shape index (κ1) is 27.9. The molecule has 2 rings (SSSR count). The number of esters is 1. The number of carbonyl (C=O) groups excluding carboxylic acids is 5. The quantitative estimate of drug-likeness (QED) is 0.256. The summed E-state index contributed by atoms with van der Waals surface area (Å²) in [5.41, 5.74) is 0.702. The molecule has 0 saturated carbocycles. The number of allylic oxidation sites excluding steroid dienone is 1. The van der Waals surface area contributed by atoms with Crippen molar-refractivity contribution in [1.29, 1.82) is 0 Å². The molecule has 0 spiro atoms. The molecular formula is C26H33NO8. The Hall–Kier alpha value is -3.33. The third-order valence-corrected chi connectivity index (χ3v) is 5.73. The molecule has 0 unspecified atom stereocenters. The molecular weight excluding hydrogens is 454 g/mol. The Labute approximate surface area is 205 Å². The van der Waals surface area contributed by atoms with E-state index < -0.39 is 41.8 Å². The number of amides is 2. The van der Waals surface area contributed by atoms with Gasteiger partial charge in [-0.3, -0.25) is 19.2 Å². The molecule has 1 N–H and O–H groups in total. The summed E-state index contributed by atoms with van der Waals surface area (Å²) in [6.07, 6.45) is 0.827. The Bertz CT molecular complexity index is 940. The van der Waals surface area contributed by atoms with Gasteiger partial charge < -0.3 is 14.6 Å². The fraction of sp³-hybridized carbons (Fsp3) is 0.500. The zero-order chi connectivity index (χ0) is 26.0. The van der Waals surface area contributed by atoms with E-state index in [0.717, 1.165) is 24.0 Å². The van der Waals surface area contributed by atoms with Gasteiger partial charge in [0, 0.05) is 20.0 Å². The first-order valence-electron chi connectivity index (χ1n) is 11.7. The van der Waals surface area contributed by atoms with Crippen molar-refractivity contribution in [2.75, 3.05) is 13.2 Å². The average Bonchev–Trinajstić information content (AvgIpc) is 3.21. The number of nitrogens with zero attached hydrogens (tertiary/aromatic N) is 1. The van der Waals surface area contributed by atoms with Gasteiger partial charge in [-0.1, -0.05) is 44.2 Å². The van der Waals surface area contributed by atoms with Crippen LogP contribution in [0, 0.1) is 11.8 Å². The van der Waals surface area contributed by atoms with Crippen LogP contribution in [0.15, 0.2) is 42.5 Å². The molecule has 1 aliphatic rings. The van der Waals surface area contributed by atoms with Gasteiger partial charge in [-0.2, -0.15) is 0 Å². The van der Waals surface area contributed by atoms with E-state index in [9.17, 15) is 24.0 Å². The monoisotopic (exact) mass is 487 g/mol. The smallest absolute Gasteiger partial charge is 0.416 e. The Balaban J connectivity index is 2.39. The van der Waals surface area contributed by atoms with Crippen molar-refractivity contribution in [1.82, 2.24) is 4.90 Å². The lowest BCUT2D eigenvalue weighted by Crippen LogP contribution is -2.50. The summed E-state index contributed by atoms with van der Waals surface area (Å²) in [5.74, 6) is -3.84. The number of carbonyl (C=O) groups is 5. The predicted octanol–water partition coefficient (Wildman–Crippen LogP) is 2.64. The molecule has 3 atom stereocenters. The van der Waals surface area contributed by atoms with E-state index in [1.165, 1.54) is 0 Å². The summed E-state index contributed by atoms with van der Waals surface area (Å²) in [5, 5.41) is 8.85. The Morgan fingerprint density at radius 2 is 1.83 bits per heavy atom. The number of hydrogen-bond acceptors (Lipinski definition) is 8. The average molecular weight is 488 g/mol. The Kier molecular flexibility index (Phi) is 10.8. The van der Waals surface area contributed by atoms with E-state index in [1.807, 2.05) is 13.8 Å². The third kappa shape index (κ3) is 8.13. The van der Waals surface area contributed by atoms with E-state index in [4.69, 9.17) is 14.6 Å². The maximum absolute atomic E-state index is 13.7. The fourth-order valence-electron chi connectivity index (χ4n) is 3.83. The number of cyclic esters (lactones) is 1. The summed E-state index contributed by atoms with van der Waals surface area (Å²) >= 11 is 0. The number of rotatable bonds is 13. The van der Waals surface area contributed by atoms with Crippen molar-refractivity contribution < 1.29 is 38.6 Å². The van der Waals surface area contributed by atoms with Gasteiger partial charge in [-0.25, -0.2) is 9.69 Å². The highest BCUT2D eigenvalue weighted by atomic mass is 16.6. The van der Waals surface area contributed by atoms with Crippen molar-refractivity contribution in [3.8, 4) is 0 Å². The molecule has 35 heavy (non-hydrogen) atoms. The summed E-state index contributed by atoms with van der Waals surface area (Å²) in [4.78, 5) is 64.2. The maximum Gasteiger partial charge on any atom is 0.416 e. The predicted molar refractivity (Wildman–Crippen MR) is 126 cm³/mol. The molecule has 0 bridgehead atoms. The van der Waals surface area contributed by atoms with Gasteiger partial charge >= 0.3 is 12.1 Å². The molecule has 0 aliphatic carbocycles. The summed E-state index contributed by atoms with van der Waals surface area (Å²) < 4.78 is 10.4. The van der Waals surface area contributed by atoms with Crippen LogP contribution in [0.2, 0.25) is 0 Å². The van der Waals surface area contributed by atoms with Crippen LogP contribution >= 0.6 is 0 Å². The van der Waals surface area contributed by atoms with Gasteiger partial charge in [0.1, 0.15) is 6.61 Å². The highest BCUT2D eigenvalue weighted by Crippen LogP contribution is 2.27. The van der Waals surface area contributed by atoms with E-state index in [-0.39, 0.29) is 37.8 Å². The van der Waals surface area contributed by atoms with Crippen molar-refractivity contribution in [3.63, 3.8) is 0 Å². The molecule has 1 aromatic rings. The third-order valence-electron chi connectivity index (χ3n) is 5.73. The molecule has 0 radical (unpaired) electrons. The molecule has 9 heteroatoms. The maximum atomic E-state index is 13.7. The largest absolute Gasteiger partial charge is 0.453 e. The fourth-order valence-corrected chi connectivity index (χ4v) is 3.83. The lowest BCUT2D eigenvalue weighted by Gasteiger charge is -2.30.